The largest absolute Gasteiger partial charge is 0.487 e. The van der Waals surface area contributed by atoms with E-state index in [4.69, 9.17) is 13.9 Å². The van der Waals surface area contributed by atoms with Gasteiger partial charge in [0, 0.05) is 31.7 Å². The highest BCUT2D eigenvalue weighted by Gasteiger charge is 2.35. The van der Waals surface area contributed by atoms with E-state index in [9.17, 15) is 27.2 Å². The van der Waals surface area contributed by atoms with Gasteiger partial charge in [-0.25, -0.2) is 18.9 Å². The van der Waals surface area contributed by atoms with Crippen LogP contribution >= 0.6 is 0 Å². The van der Waals surface area contributed by atoms with Crippen LogP contribution in [0.3, 0.4) is 0 Å². The molecule has 0 saturated carbocycles. The summed E-state index contributed by atoms with van der Waals surface area (Å²) in [5.74, 6) is -1.24. The number of esters is 1. The molecule has 0 N–H and O–H groups in total. The molecule has 2 aromatic heterocycles. The van der Waals surface area contributed by atoms with Crippen LogP contribution in [0.25, 0.3) is 16.8 Å². The molecule has 0 saturated heterocycles. The van der Waals surface area contributed by atoms with Crippen molar-refractivity contribution < 1.29 is 41.0 Å². The quantitative estimate of drug-likeness (QED) is 0.139. The molecule has 0 aliphatic rings. The first-order valence-electron chi connectivity index (χ1n) is 13.7. The van der Waals surface area contributed by atoms with Crippen molar-refractivity contribution >= 4 is 28.7 Å². The number of rotatable bonds is 7. The number of ether oxygens (including phenoxy) is 2. The Hall–Kier alpha value is -5.20. The first kappa shape index (κ1) is 31.2. The monoisotopic (exact) mass is 624 g/mol. The highest BCUT2D eigenvalue weighted by atomic mass is 19.4. The van der Waals surface area contributed by atoms with Crippen LogP contribution in [0.15, 0.2) is 71.1 Å². The number of hydrogen-bond donors (Lipinski definition) is 0. The van der Waals surface area contributed by atoms with E-state index in [2.05, 4.69) is 10.1 Å². The molecule has 3 aromatic carbocycles. The van der Waals surface area contributed by atoms with E-state index in [0.29, 0.717) is 11.4 Å². The zero-order valence-electron chi connectivity index (χ0n) is 24.9. The van der Waals surface area contributed by atoms with Gasteiger partial charge in [-0.2, -0.15) is 18.3 Å². The van der Waals surface area contributed by atoms with Crippen molar-refractivity contribution in [3.8, 4) is 11.4 Å². The van der Waals surface area contributed by atoms with Gasteiger partial charge in [-0.1, -0.05) is 6.07 Å². The first-order valence-corrected chi connectivity index (χ1v) is 13.7. The van der Waals surface area contributed by atoms with E-state index < -0.39 is 35.2 Å². The van der Waals surface area contributed by atoms with E-state index in [1.54, 1.807) is 27.7 Å². The topological polar surface area (TPSA) is 99.7 Å². The lowest BCUT2D eigenvalue weighted by molar-refractivity contribution is -0.141. The molecule has 0 aliphatic carbocycles. The van der Waals surface area contributed by atoms with Gasteiger partial charge in [0.25, 0.3) is 5.91 Å². The van der Waals surface area contributed by atoms with Crippen LogP contribution < -0.4 is 9.64 Å². The molecule has 9 nitrogen and oxygen atoms in total. The fourth-order valence-corrected chi connectivity index (χ4v) is 4.45. The number of halogens is 4. The van der Waals surface area contributed by atoms with Gasteiger partial charge in [0.15, 0.2) is 17.2 Å². The number of anilines is 1. The minimum atomic E-state index is -4.75. The highest BCUT2D eigenvalue weighted by molar-refractivity contribution is 6.06. The second-order valence-corrected chi connectivity index (χ2v) is 11.2. The van der Waals surface area contributed by atoms with E-state index in [1.807, 2.05) is 0 Å². The number of carbonyl (C=O) groups is 2. The van der Waals surface area contributed by atoms with E-state index in [-0.39, 0.29) is 46.1 Å². The first-order chi connectivity index (χ1) is 21.1. The van der Waals surface area contributed by atoms with Gasteiger partial charge in [0.1, 0.15) is 29.3 Å². The summed E-state index contributed by atoms with van der Waals surface area (Å²) in [6.07, 6.45) is -4.75. The Balaban J connectivity index is 1.40. The normalized spacial score (nSPS) is 11.9. The van der Waals surface area contributed by atoms with Gasteiger partial charge in [-0.05, 0) is 69.3 Å². The number of oxazole rings is 1. The zero-order chi connectivity index (χ0) is 32.7. The van der Waals surface area contributed by atoms with Crippen molar-refractivity contribution in [3.63, 3.8) is 0 Å². The predicted molar refractivity (Wildman–Crippen MR) is 156 cm³/mol. The molecular formula is C32H28F4N4O5. The van der Waals surface area contributed by atoms with Crippen LogP contribution in [0, 0.1) is 12.7 Å². The molecule has 5 aromatic rings. The van der Waals surface area contributed by atoms with Crippen LogP contribution in [0.2, 0.25) is 0 Å². The fraction of sp³-hybridized carbons (Fsp3) is 0.250. The standard InChI is InChI=1S/C32H28F4N4O5/c1-18-37-25-15-24(33)26(16-27(25)44-18)39(5)29(41)20-7-6-8-21(13-20)40-22(14-28(38-40)32(34,35)36)17-43-23-11-9-19(10-12-23)30(42)45-31(2,3)4/h6-16H,17H2,1-5H3. The summed E-state index contributed by atoms with van der Waals surface area (Å²) < 4.78 is 73.5. The number of carbonyl (C=O) groups excluding carboxylic acids is 2. The molecule has 0 spiro atoms. The maximum absolute atomic E-state index is 14.9. The van der Waals surface area contributed by atoms with Gasteiger partial charge < -0.3 is 18.8 Å². The summed E-state index contributed by atoms with van der Waals surface area (Å²) in [4.78, 5) is 30.8. The zero-order valence-corrected chi connectivity index (χ0v) is 24.9. The van der Waals surface area contributed by atoms with Crippen LogP contribution in [0.1, 0.15) is 58.8 Å². The Morgan fingerprint density at radius 1 is 0.978 bits per heavy atom. The third kappa shape index (κ3) is 6.97. The Morgan fingerprint density at radius 3 is 2.36 bits per heavy atom. The molecule has 234 valence electrons. The maximum Gasteiger partial charge on any atom is 0.435 e. The lowest BCUT2D eigenvalue weighted by atomic mass is 10.1. The Kier molecular flexibility index (Phi) is 8.13. The van der Waals surface area contributed by atoms with Crippen molar-refractivity contribution in [2.24, 2.45) is 0 Å². The summed E-state index contributed by atoms with van der Waals surface area (Å²) in [5.41, 5.74) is -0.798. The van der Waals surface area contributed by atoms with Crippen LogP contribution in [0.5, 0.6) is 5.75 Å². The third-order valence-electron chi connectivity index (χ3n) is 6.52. The number of amides is 1. The van der Waals surface area contributed by atoms with Crippen molar-refractivity contribution in [1.82, 2.24) is 14.8 Å². The summed E-state index contributed by atoms with van der Waals surface area (Å²) in [6.45, 7) is 6.51. The van der Waals surface area contributed by atoms with Gasteiger partial charge in [0.05, 0.1) is 22.6 Å². The second-order valence-electron chi connectivity index (χ2n) is 11.2. The molecule has 2 heterocycles. The lowest BCUT2D eigenvalue weighted by Crippen LogP contribution is -2.27. The molecule has 45 heavy (non-hydrogen) atoms. The Morgan fingerprint density at radius 2 is 1.69 bits per heavy atom. The number of hydrogen-bond acceptors (Lipinski definition) is 7. The summed E-state index contributed by atoms with van der Waals surface area (Å²) in [6, 6.07) is 15.1. The summed E-state index contributed by atoms with van der Waals surface area (Å²) in [5, 5.41) is 3.74. The molecule has 0 bridgehead atoms. The number of nitrogens with zero attached hydrogens (tertiary/aromatic N) is 4. The summed E-state index contributed by atoms with van der Waals surface area (Å²) >= 11 is 0. The second kappa shape index (κ2) is 11.7. The van der Waals surface area contributed by atoms with Gasteiger partial charge in [0.2, 0.25) is 0 Å². The minimum absolute atomic E-state index is 0.0358. The van der Waals surface area contributed by atoms with Crippen LogP contribution in [0.4, 0.5) is 23.2 Å². The molecule has 0 atom stereocenters. The molecule has 0 radical (unpaired) electrons. The van der Waals surface area contributed by atoms with Crippen LogP contribution in [-0.4, -0.2) is 39.3 Å². The number of aryl methyl sites for hydroxylation is 1. The summed E-state index contributed by atoms with van der Waals surface area (Å²) in [7, 11) is 1.37. The molecule has 5 rings (SSSR count). The number of aromatic nitrogens is 3. The average Bonchev–Trinajstić information content (AvgIpc) is 3.57. The Bertz CT molecular complexity index is 1890. The smallest absolute Gasteiger partial charge is 0.435 e. The number of fused-ring (bicyclic) bond motifs is 1. The van der Waals surface area contributed by atoms with Gasteiger partial charge in [-0.3, -0.25) is 4.79 Å². The van der Waals surface area contributed by atoms with E-state index in [1.165, 1.54) is 61.6 Å². The van der Waals surface area contributed by atoms with Gasteiger partial charge >= 0.3 is 12.1 Å². The van der Waals surface area contributed by atoms with Crippen molar-refractivity contribution in [2.45, 2.75) is 46.1 Å². The number of alkyl halides is 3. The predicted octanol–water partition coefficient (Wildman–Crippen LogP) is 7.29. The van der Waals surface area contributed by atoms with E-state index >= 15 is 0 Å². The van der Waals surface area contributed by atoms with Gasteiger partial charge in [-0.15, -0.1) is 0 Å². The third-order valence-corrected chi connectivity index (χ3v) is 6.52. The Labute approximate surface area is 255 Å². The lowest BCUT2D eigenvalue weighted by Gasteiger charge is -2.19. The molecular weight excluding hydrogens is 596 g/mol. The molecule has 0 fully saturated rings. The molecule has 1 amide bonds. The van der Waals surface area contributed by atoms with Crippen molar-refractivity contribution in [1.29, 1.82) is 0 Å². The van der Waals surface area contributed by atoms with Crippen LogP contribution in [-0.2, 0) is 17.5 Å². The SMILES string of the molecule is Cc1nc2cc(F)c(N(C)C(=O)c3cccc(-n4nc(C(F)(F)F)cc4COc4ccc(C(=O)OC(C)(C)C)cc4)c3)cc2o1. The van der Waals surface area contributed by atoms with E-state index in [0.717, 1.165) is 21.7 Å². The maximum atomic E-state index is 14.9. The molecule has 0 unspecified atom stereocenters. The highest BCUT2D eigenvalue weighted by Crippen LogP contribution is 2.31. The molecule has 13 heteroatoms. The van der Waals surface area contributed by atoms with Crippen molar-refractivity contribution in [2.75, 3.05) is 11.9 Å². The molecule has 0 aliphatic heterocycles. The van der Waals surface area contributed by atoms with Crippen molar-refractivity contribution in [3.05, 3.63) is 101 Å². The average molecular weight is 625 g/mol. The minimum Gasteiger partial charge on any atom is -0.487 e. The number of benzene rings is 3. The fourth-order valence-electron chi connectivity index (χ4n) is 4.45.